The van der Waals surface area contributed by atoms with Crippen molar-refractivity contribution < 1.29 is 29.2 Å². The lowest BCUT2D eigenvalue weighted by Gasteiger charge is -2.08. The normalized spacial score (nSPS) is 11.2. The molecule has 0 aliphatic rings. The summed E-state index contributed by atoms with van der Waals surface area (Å²) in [5.41, 5.74) is 4.84. The molecule has 40 heavy (non-hydrogen) atoms. The van der Waals surface area contributed by atoms with Gasteiger partial charge in [0.05, 0.1) is 36.3 Å². The number of hydrogen-bond donors (Lipinski definition) is 4. The topological polar surface area (TPSA) is 135 Å². The van der Waals surface area contributed by atoms with Crippen molar-refractivity contribution >= 4 is 22.1 Å². The monoisotopic (exact) mass is 538 g/mol. The van der Waals surface area contributed by atoms with Crippen molar-refractivity contribution in [1.29, 1.82) is 0 Å². The smallest absolute Gasteiger partial charge is 0.161 e. The highest BCUT2D eigenvalue weighted by atomic mass is 16.5. The number of aromatic hydroxyl groups is 2. The molecule has 0 fully saturated rings. The number of nitrogens with one attached hydrogen (secondary N) is 2. The predicted molar refractivity (Wildman–Crippen MR) is 150 cm³/mol. The number of methoxy groups -OCH3 is 2. The lowest BCUT2D eigenvalue weighted by atomic mass is 10.2. The summed E-state index contributed by atoms with van der Waals surface area (Å²) >= 11 is 0. The van der Waals surface area contributed by atoms with Gasteiger partial charge in [0.1, 0.15) is 36.4 Å². The maximum Gasteiger partial charge on any atom is 0.161 e. The molecular formula is C30H26N4O6. The summed E-state index contributed by atoms with van der Waals surface area (Å²) in [5.74, 6) is 3.61. The Labute approximate surface area is 228 Å². The third kappa shape index (κ3) is 4.90. The summed E-state index contributed by atoms with van der Waals surface area (Å²) in [4.78, 5) is 15.8. The van der Waals surface area contributed by atoms with Gasteiger partial charge in [-0.25, -0.2) is 9.97 Å². The number of H-pyrrole nitrogens is 2. The molecule has 10 nitrogen and oxygen atoms in total. The third-order valence-corrected chi connectivity index (χ3v) is 6.43. The fraction of sp³-hybridized carbons (Fsp3) is 0.133. The minimum Gasteiger partial charge on any atom is -0.504 e. The predicted octanol–water partition coefficient (Wildman–Crippen LogP) is 5.66. The number of aromatic amines is 2. The maximum absolute atomic E-state index is 9.85. The molecule has 0 radical (unpaired) electrons. The highest BCUT2D eigenvalue weighted by Gasteiger charge is 2.11. The molecule has 0 saturated heterocycles. The lowest BCUT2D eigenvalue weighted by molar-refractivity contribution is 0.217. The minimum absolute atomic E-state index is 0.0737. The molecular weight excluding hydrogens is 512 g/mol. The molecule has 2 heterocycles. The van der Waals surface area contributed by atoms with Gasteiger partial charge in [0.15, 0.2) is 23.0 Å². The van der Waals surface area contributed by atoms with Crippen LogP contribution in [0, 0.1) is 0 Å². The SMILES string of the molecule is COc1cc(-c2nc3ccc(OCCOc4ccc5nc(-c6ccc(O)c(OC)c6)[nH]c5c4)cc3[nH]2)ccc1O. The van der Waals surface area contributed by atoms with E-state index in [0.717, 1.165) is 33.2 Å². The molecule has 6 aromatic rings. The number of aromatic nitrogens is 4. The number of fused-ring (bicyclic) bond motifs is 2. The maximum atomic E-state index is 9.85. The molecule has 0 amide bonds. The van der Waals surface area contributed by atoms with E-state index in [-0.39, 0.29) is 11.5 Å². The number of ether oxygens (including phenoxy) is 4. The van der Waals surface area contributed by atoms with Crippen LogP contribution in [-0.4, -0.2) is 57.6 Å². The molecule has 202 valence electrons. The quantitative estimate of drug-likeness (QED) is 0.173. The summed E-state index contributed by atoms with van der Waals surface area (Å²) in [7, 11) is 3.02. The molecule has 6 rings (SSSR count). The number of phenols is 2. The van der Waals surface area contributed by atoms with Crippen molar-refractivity contribution in [3.05, 3.63) is 72.8 Å². The van der Waals surface area contributed by atoms with Crippen LogP contribution in [0.2, 0.25) is 0 Å². The molecule has 4 N–H and O–H groups in total. The Balaban J connectivity index is 1.09. The largest absolute Gasteiger partial charge is 0.504 e. The molecule has 0 bridgehead atoms. The van der Waals surface area contributed by atoms with Gasteiger partial charge in [-0.3, -0.25) is 0 Å². The lowest BCUT2D eigenvalue weighted by Crippen LogP contribution is -2.08. The van der Waals surface area contributed by atoms with Crippen molar-refractivity contribution in [2.24, 2.45) is 0 Å². The van der Waals surface area contributed by atoms with E-state index in [1.54, 1.807) is 36.4 Å². The van der Waals surface area contributed by atoms with Crippen molar-refractivity contribution in [3.8, 4) is 57.3 Å². The second-order valence-electron chi connectivity index (χ2n) is 9.00. The highest BCUT2D eigenvalue weighted by Crippen LogP contribution is 2.33. The van der Waals surface area contributed by atoms with Crippen LogP contribution >= 0.6 is 0 Å². The van der Waals surface area contributed by atoms with E-state index in [2.05, 4.69) is 19.9 Å². The summed E-state index contributed by atoms with van der Waals surface area (Å²) in [6.45, 7) is 0.697. The molecule has 4 aromatic carbocycles. The van der Waals surface area contributed by atoms with Crippen LogP contribution in [0.3, 0.4) is 0 Å². The second kappa shape index (κ2) is 10.4. The van der Waals surface area contributed by atoms with Crippen LogP contribution in [0.4, 0.5) is 0 Å². The number of phenolic OH excluding ortho intramolecular Hbond substituents is 2. The van der Waals surface area contributed by atoms with E-state index in [4.69, 9.17) is 18.9 Å². The Morgan fingerprint density at radius 1 is 0.600 bits per heavy atom. The Kier molecular flexibility index (Phi) is 6.49. The van der Waals surface area contributed by atoms with Gasteiger partial charge in [0, 0.05) is 23.3 Å². The number of rotatable bonds is 9. The van der Waals surface area contributed by atoms with Gasteiger partial charge < -0.3 is 39.1 Å². The number of nitrogens with zero attached hydrogens (tertiary/aromatic N) is 2. The van der Waals surface area contributed by atoms with Gasteiger partial charge in [-0.05, 0) is 60.7 Å². The average molecular weight is 539 g/mol. The van der Waals surface area contributed by atoms with Gasteiger partial charge in [0.25, 0.3) is 0 Å². The zero-order valence-corrected chi connectivity index (χ0v) is 21.8. The number of imidazole rings is 2. The summed E-state index contributed by atoms with van der Waals surface area (Å²) < 4.78 is 22.2. The Morgan fingerprint density at radius 3 is 1.48 bits per heavy atom. The van der Waals surface area contributed by atoms with Gasteiger partial charge >= 0.3 is 0 Å². The molecule has 10 heteroatoms. The standard InChI is InChI=1S/C30H26N4O6/c1-37-27-13-17(3-9-25(27)35)29-31-21-7-5-19(15-23(21)33-29)39-11-12-40-20-6-8-22-24(16-20)34-30(32-22)18-4-10-26(36)28(14-18)38-2/h3-10,13-16,35-36H,11-12H2,1-2H3,(H,31,33)(H,32,34). The number of benzene rings is 4. The number of hydrogen-bond acceptors (Lipinski definition) is 8. The van der Waals surface area contributed by atoms with Crippen LogP contribution < -0.4 is 18.9 Å². The summed E-state index contributed by atoms with van der Waals surface area (Å²) in [5, 5.41) is 19.7. The first-order chi connectivity index (χ1) is 19.5. The molecule has 0 unspecified atom stereocenters. The van der Waals surface area contributed by atoms with E-state index in [0.29, 0.717) is 47.9 Å². The molecule has 0 atom stereocenters. The summed E-state index contributed by atoms with van der Waals surface area (Å²) in [6, 6.07) is 21.4. The zero-order chi connectivity index (χ0) is 27.6. The van der Waals surface area contributed by atoms with Crippen molar-refractivity contribution in [1.82, 2.24) is 19.9 Å². The first-order valence-electron chi connectivity index (χ1n) is 12.5. The van der Waals surface area contributed by atoms with Crippen LogP contribution in [0.15, 0.2) is 72.8 Å². The first kappa shape index (κ1) is 24.9. The third-order valence-electron chi connectivity index (χ3n) is 6.43. The Morgan fingerprint density at radius 2 is 1.05 bits per heavy atom. The molecule has 0 saturated carbocycles. The Hall–Kier alpha value is -5.38. The second-order valence-corrected chi connectivity index (χ2v) is 9.00. The fourth-order valence-corrected chi connectivity index (χ4v) is 4.40. The average Bonchev–Trinajstić information content (AvgIpc) is 3.59. The fourth-order valence-electron chi connectivity index (χ4n) is 4.40. The van der Waals surface area contributed by atoms with Crippen molar-refractivity contribution in [2.75, 3.05) is 27.4 Å². The van der Waals surface area contributed by atoms with Crippen molar-refractivity contribution in [3.63, 3.8) is 0 Å². The molecule has 0 aliphatic heterocycles. The first-order valence-corrected chi connectivity index (χ1v) is 12.5. The van der Waals surface area contributed by atoms with E-state index in [1.165, 1.54) is 14.2 Å². The van der Waals surface area contributed by atoms with Crippen molar-refractivity contribution in [2.45, 2.75) is 0 Å². The van der Waals surface area contributed by atoms with Crippen LogP contribution in [0.5, 0.6) is 34.5 Å². The Bertz CT molecular complexity index is 1690. The van der Waals surface area contributed by atoms with Crippen LogP contribution in [0.25, 0.3) is 44.8 Å². The van der Waals surface area contributed by atoms with Gasteiger partial charge in [-0.15, -0.1) is 0 Å². The molecule has 0 aliphatic carbocycles. The summed E-state index contributed by atoms with van der Waals surface area (Å²) in [6.07, 6.45) is 0. The minimum atomic E-state index is 0.0737. The van der Waals surface area contributed by atoms with Gasteiger partial charge in [-0.1, -0.05) is 0 Å². The van der Waals surface area contributed by atoms with Gasteiger partial charge in [-0.2, -0.15) is 0 Å². The van der Waals surface area contributed by atoms with E-state index in [9.17, 15) is 10.2 Å². The van der Waals surface area contributed by atoms with E-state index >= 15 is 0 Å². The highest BCUT2D eigenvalue weighted by molar-refractivity contribution is 5.82. The van der Waals surface area contributed by atoms with Gasteiger partial charge in [0.2, 0.25) is 0 Å². The zero-order valence-electron chi connectivity index (χ0n) is 21.8. The van der Waals surface area contributed by atoms with Crippen LogP contribution in [-0.2, 0) is 0 Å². The van der Waals surface area contributed by atoms with E-state index in [1.807, 2.05) is 36.4 Å². The van der Waals surface area contributed by atoms with E-state index < -0.39 is 0 Å². The molecule has 2 aromatic heterocycles. The van der Waals surface area contributed by atoms with Crippen LogP contribution in [0.1, 0.15) is 0 Å². The molecule has 0 spiro atoms.